The lowest BCUT2D eigenvalue weighted by molar-refractivity contribution is -0.137. The number of rotatable bonds is 7. The van der Waals surface area contributed by atoms with E-state index in [1.165, 1.54) is 0 Å². The Balaban J connectivity index is 2.34. The van der Waals surface area contributed by atoms with Gasteiger partial charge in [0.25, 0.3) is 0 Å². The second-order valence-corrected chi connectivity index (χ2v) is 6.85. The molecule has 7 heteroatoms. The Labute approximate surface area is 107 Å². The number of carboxylic acid groups (broad SMARTS) is 1. The second-order valence-electron chi connectivity index (χ2n) is 4.92. The minimum Gasteiger partial charge on any atom is -0.481 e. The summed E-state index contributed by atoms with van der Waals surface area (Å²) >= 11 is 0. The van der Waals surface area contributed by atoms with E-state index in [1.807, 2.05) is 0 Å². The zero-order valence-electron chi connectivity index (χ0n) is 10.4. The maximum Gasteiger partial charge on any atom is 0.303 e. The molecule has 0 atom stereocenters. The highest BCUT2D eigenvalue weighted by atomic mass is 32.2. The summed E-state index contributed by atoms with van der Waals surface area (Å²) in [7, 11) is -3.49. The van der Waals surface area contributed by atoms with Crippen LogP contribution in [0.3, 0.4) is 0 Å². The van der Waals surface area contributed by atoms with Gasteiger partial charge in [-0.05, 0) is 19.3 Å². The normalized spacial score (nSPS) is 19.6. The number of carboxylic acids is 1. The fourth-order valence-corrected chi connectivity index (χ4v) is 3.27. The summed E-state index contributed by atoms with van der Waals surface area (Å²) in [5.74, 6) is -1.22. The van der Waals surface area contributed by atoms with Crippen LogP contribution in [0.5, 0.6) is 0 Å². The predicted octanol–water partition coefficient (Wildman–Crippen LogP) is 0.466. The van der Waals surface area contributed by atoms with Gasteiger partial charge in [0.15, 0.2) is 0 Å². The fraction of sp³-hybridized carbons (Fsp3) is 0.909. The Kier molecular flexibility index (Phi) is 5.55. The molecule has 0 amide bonds. The van der Waals surface area contributed by atoms with Crippen LogP contribution < -0.4 is 4.72 Å². The van der Waals surface area contributed by atoms with Crippen LogP contribution in [-0.2, 0) is 14.8 Å². The molecule has 0 radical (unpaired) electrons. The number of hydrogen-bond donors (Lipinski definition) is 3. The number of hydrogen-bond acceptors (Lipinski definition) is 4. The van der Waals surface area contributed by atoms with Crippen LogP contribution in [0.15, 0.2) is 0 Å². The third-order valence-electron chi connectivity index (χ3n) is 3.21. The topological polar surface area (TPSA) is 104 Å². The van der Waals surface area contributed by atoms with Gasteiger partial charge >= 0.3 is 5.97 Å². The monoisotopic (exact) mass is 279 g/mol. The Morgan fingerprint density at radius 3 is 2.39 bits per heavy atom. The first-order chi connectivity index (χ1) is 8.33. The van der Waals surface area contributed by atoms with Crippen molar-refractivity contribution in [1.82, 2.24) is 4.72 Å². The number of sulfonamides is 1. The average Bonchev–Trinajstić information content (AvgIpc) is 2.27. The quantitative estimate of drug-likeness (QED) is 0.628. The molecule has 1 saturated carbocycles. The third-order valence-corrected chi connectivity index (χ3v) is 4.62. The molecule has 1 fully saturated rings. The van der Waals surface area contributed by atoms with Crippen LogP contribution in [0, 0.1) is 0 Å². The van der Waals surface area contributed by atoms with Gasteiger partial charge in [0, 0.05) is 13.0 Å². The molecule has 0 aromatic heterocycles. The molecule has 1 rings (SSSR count). The highest BCUT2D eigenvalue weighted by molar-refractivity contribution is 7.89. The van der Waals surface area contributed by atoms with Gasteiger partial charge in [-0.1, -0.05) is 19.3 Å². The number of carbonyl (C=O) groups is 1. The minimum absolute atomic E-state index is 0.0302. The Bertz CT molecular complexity index is 373. The molecule has 18 heavy (non-hydrogen) atoms. The third kappa shape index (κ3) is 5.79. The van der Waals surface area contributed by atoms with Crippen molar-refractivity contribution in [3.05, 3.63) is 0 Å². The van der Waals surface area contributed by atoms with Crippen molar-refractivity contribution < 1.29 is 23.4 Å². The number of aliphatic hydroxyl groups is 1. The lowest BCUT2D eigenvalue weighted by Crippen LogP contribution is -2.44. The van der Waals surface area contributed by atoms with E-state index in [2.05, 4.69) is 4.72 Å². The second kappa shape index (κ2) is 6.49. The van der Waals surface area contributed by atoms with Gasteiger partial charge in [-0.3, -0.25) is 4.79 Å². The van der Waals surface area contributed by atoms with Crippen molar-refractivity contribution >= 4 is 16.0 Å². The molecule has 0 heterocycles. The molecule has 1 aliphatic carbocycles. The van der Waals surface area contributed by atoms with E-state index in [0.717, 1.165) is 19.3 Å². The number of nitrogens with one attached hydrogen (secondary N) is 1. The molecule has 0 aromatic rings. The molecule has 0 unspecified atom stereocenters. The Morgan fingerprint density at radius 1 is 1.22 bits per heavy atom. The van der Waals surface area contributed by atoms with Crippen molar-refractivity contribution in [2.24, 2.45) is 0 Å². The molecular weight excluding hydrogens is 258 g/mol. The molecular formula is C11H21NO5S. The van der Waals surface area contributed by atoms with Gasteiger partial charge < -0.3 is 10.2 Å². The summed E-state index contributed by atoms with van der Waals surface area (Å²) in [6.45, 7) is 0.0302. The summed E-state index contributed by atoms with van der Waals surface area (Å²) in [5.41, 5.74) is -0.932. The van der Waals surface area contributed by atoms with E-state index >= 15 is 0 Å². The smallest absolute Gasteiger partial charge is 0.303 e. The first kappa shape index (κ1) is 15.4. The first-order valence-corrected chi connectivity index (χ1v) is 7.90. The standard InChI is InChI=1S/C11H21NO5S/c13-10(14)5-4-8-18(16,17)12-9-11(15)6-2-1-3-7-11/h12,15H,1-9H2,(H,13,14). The SMILES string of the molecule is O=C(O)CCCS(=O)(=O)NCC1(O)CCCCC1. The lowest BCUT2D eigenvalue weighted by atomic mass is 9.85. The van der Waals surface area contributed by atoms with Crippen molar-refractivity contribution in [3.8, 4) is 0 Å². The molecule has 0 aromatic carbocycles. The summed E-state index contributed by atoms with van der Waals surface area (Å²) < 4.78 is 25.5. The fourth-order valence-electron chi connectivity index (χ4n) is 2.12. The van der Waals surface area contributed by atoms with E-state index < -0.39 is 21.6 Å². The molecule has 0 saturated heterocycles. The number of aliphatic carboxylic acids is 1. The maximum absolute atomic E-state index is 11.6. The molecule has 106 valence electrons. The largest absolute Gasteiger partial charge is 0.481 e. The van der Waals surface area contributed by atoms with Crippen molar-refractivity contribution in [2.75, 3.05) is 12.3 Å². The van der Waals surface area contributed by atoms with Gasteiger partial charge in [-0.15, -0.1) is 0 Å². The Morgan fingerprint density at radius 2 is 1.83 bits per heavy atom. The predicted molar refractivity (Wildman–Crippen MR) is 66.7 cm³/mol. The van der Waals surface area contributed by atoms with Gasteiger partial charge in [0.2, 0.25) is 10.0 Å². The van der Waals surface area contributed by atoms with Crippen LogP contribution in [0.4, 0.5) is 0 Å². The maximum atomic E-state index is 11.6. The highest BCUT2D eigenvalue weighted by Crippen LogP contribution is 2.27. The molecule has 0 aliphatic heterocycles. The Hall–Kier alpha value is -0.660. The minimum atomic E-state index is -3.49. The van der Waals surface area contributed by atoms with Gasteiger partial charge in [0.05, 0.1) is 11.4 Å². The molecule has 3 N–H and O–H groups in total. The highest BCUT2D eigenvalue weighted by Gasteiger charge is 2.30. The van der Waals surface area contributed by atoms with E-state index in [1.54, 1.807) is 0 Å². The summed E-state index contributed by atoms with van der Waals surface area (Å²) in [6.07, 6.45) is 4.06. The van der Waals surface area contributed by atoms with E-state index in [4.69, 9.17) is 5.11 Å². The van der Waals surface area contributed by atoms with Crippen LogP contribution in [0.1, 0.15) is 44.9 Å². The first-order valence-electron chi connectivity index (χ1n) is 6.25. The molecule has 1 aliphatic rings. The van der Waals surface area contributed by atoms with E-state index in [-0.39, 0.29) is 25.1 Å². The van der Waals surface area contributed by atoms with E-state index in [9.17, 15) is 18.3 Å². The van der Waals surface area contributed by atoms with Gasteiger partial charge in [-0.2, -0.15) is 0 Å². The summed E-state index contributed by atoms with van der Waals surface area (Å²) in [6, 6.07) is 0. The van der Waals surface area contributed by atoms with Crippen molar-refractivity contribution in [3.63, 3.8) is 0 Å². The summed E-state index contributed by atoms with van der Waals surface area (Å²) in [5, 5.41) is 18.6. The van der Waals surface area contributed by atoms with Crippen LogP contribution in [0.25, 0.3) is 0 Å². The van der Waals surface area contributed by atoms with Crippen LogP contribution in [0.2, 0.25) is 0 Å². The molecule has 6 nitrogen and oxygen atoms in total. The van der Waals surface area contributed by atoms with Gasteiger partial charge in [0.1, 0.15) is 0 Å². The van der Waals surface area contributed by atoms with E-state index in [0.29, 0.717) is 12.8 Å². The summed E-state index contributed by atoms with van der Waals surface area (Å²) in [4.78, 5) is 10.3. The molecule has 0 spiro atoms. The van der Waals surface area contributed by atoms with Gasteiger partial charge in [-0.25, -0.2) is 13.1 Å². The lowest BCUT2D eigenvalue weighted by Gasteiger charge is -2.32. The zero-order valence-corrected chi connectivity index (χ0v) is 11.2. The average molecular weight is 279 g/mol. The zero-order chi connectivity index (χ0) is 13.6. The van der Waals surface area contributed by atoms with Crippen molar-refractivity contribution in [2.45, 2.75) is 50.5 Å². The van der Waals surface area contributed by atoms with Crippen LogP contribution in [-0.4, -0.2) is 42.5 Å². The van der Waals surface area contributed by atoms with Crippen LogP contribution >= 0.6 is 0 Å². The van der Waals surface area contributed by atoms with Crippen molar-refractivity contribution in [1.29, 1.82) is 0 Å². The molecule has 0 bridgehead atoms.